The van der Waals surface area contributed by atoms with E-state index in [1.54, 1.807) is 13.8 Å². The lowest BCUT2D eigenvalue weighted by Crippen LogP contribution is -2.15. The molecule has 60 valence electrons. The highest BCUT2D eigenvalue weighted by atomic mass is 16.4. The van der Waals surface area contributed by atoms with Gasteiger partial charge in [-0.05, 0) is 6.92 Å². The van der Waals surface area contributed by atoms with Gasteiger partial charge in [0.2, 0.25) is 0 Å². The summed E-state index contributed by atoms with van der Waals surface area (Å²) in [6.45, 7) is 3.52. The van der Waals surface area contributed by atoms with Gasteiger partial charge in [0.05, 0.1) is 5.69 Å². The van der Waals surface area contributed by atoms with Crippen LogP contribution in [-0.4, -0.2) is 10.8 Å². The van der Waals surface area contributed by atoms with Gasteiger partial charge < -0.3 is 16.0 Å². The Morgan fingerprint density at radius 2 is 2.18 bits per heavy atom. The molecule has 5 nitrogen and oxygen atoms in total. The third kappa shape index (κ3) is 1.31. The number of nitrogens with zero attached hydrogens (tertiary/aromatic N) is 2. The van der Waals surface area contributed by atoms with Crippen LogP contribution in [0.5, 0.6) is 0 Å². The molecule has 0 saturated carbocycles. The average molecular weight is 154 g/mol. The molecule has 0 aliphatic carbocycles. The number of oxazole rings is 1. The molecule has 1 aromatic rings. The lowest BCUT2D eigenvalue weighted by Gasteiger charge is -1.91. The van der Waals surface area contributed by atoms with Gasteiger partial charge in [-0.1, -0.05) is 0 Å². The number of aromatic nitrogens is 1. The Morgan fingerprint density at radius 3 is 2.55 bits per heavy atom. The predicted molar refractivity (Wildman–Crippen MR) is 40.9 cm³/mol. The van der Waals surface area contributed by atoms with E-state index in [0.29, 0.717) is 17.3 Å². The second-order valence-corrected chi connectivity index (χ2v) is 2.16. The Labute approximate surface area is 64.1 Å². The Morgan fingerprint density at radius 1 is 1.55 bits per heavy atom. The van der Waals surface area contributed by atoms with E-state index in [0.717, 1.165) is 0 Å². The predicted octanol–water partition coefficient (Wildman–Crippen LogP) is -0.130. The fourth-order valence-corrected chi connectivity index (χ4v) is 0.828. The first-order valence-electron chi connectivity index (χ1n) is 3.13. The number of amidine groups is 1. The summed E-state index contributed by atoms with van der Waals surface area (Å²) in [5, 5.41) is 3.29. The number of hydrazone groups is 1. The van der Waals surface area contributed by atoms with Crippen LogP contribution in [0.1, 0.15) is 17.3 Å². The Balaban J connectivity index is 3.13. The van der Waals surface area contributed by atoms with Crippen LogP contribution in [0, 0.1) is 13.8 Å². The van der Waals surface area contributed by atoms with Crippen molar-refractivity contribution in [1.29, 1.82) is 0 Å². The highest BCUT2D eigenvalue weighted by molar-refractivity contribution is 5.95. The summed E-state index contributed by atoms with van der Waals surface area (Å²) in [5.74, 6) is 6.14. The molecule has 0 aliphatic rings. The molecule has 0 fully saturated rings. The topological polar surface area (TPSA) is 90.4 Å². The lowest BCUT2D eigenvalue weighted by molar-refractivity contribution is 0.512. The van der Waals surface area contributed by atoms with Gasteiger partial charge in [-0.3, -0.25) is 0 Å². The summed E-state index contributed by atoms with van der Waals surface area (Å²) in [6, 6.07) is 0. The molecular weight excluding hydrogens is 144 g/mol. The summed E-state index contributed by atoms with van der Waals surface area (Å²) >= 11 is 0. The minimum absolute atomic E-state index is 0.170. The van der Waals surface area contributed by atoms with Gasteiger partial charge in [0, 0.05) is 6.92 Å². The van der Waals surface area contributed by atoms with Crippen molar-refractivity contribution < 1.29 is 4.42 Å². The minimum atomic E-state index is 0.170. The van der Waals surface area contributed by atoms with Gasteiger partial charge in [-0.15, -0.1) is 0 Å². The molecule has 0 saturated heterocycles. The molecular formula is C6H10N4O. The Hall–Kier alpha value is -1.52. The molecule has 0 radical (unpaired) electrons. The molecule has 0 atom stereocenters. The van der Waals surface area contributed by atoms with E-state index in [9.17, 15) is 0 Å². The maximum absolute atomic E-state index is 5.40. The Bertz CT molecular complexity index is 289. The van der Waals surface area contributed by atoms with Crippen LogP contribution in [0.4, 0.5) is 0 Å². The van der Waals surface area contributed by atoms with Crippen molar-refractivity contribution in [3.8, 4) is 0 Å². The maximum Gasteiger partial charge on any atom is 0.194 e. The van der Waals surface area contributed by atoms with E-state index < -0.39 is 0 Å². The van der Waals surface area contributed by atoms with E-state index in [4.69, 9.17) is 16.0 Å². The molecule has 5 heteroatoms. The fraction of sp³-hybridized carbons (Fsp3) is 0.333. The summed E-state index contributed by atoms with van der Waals surface area (Å²) in [6.07, 6.45) is 0. The van der Waals surface area contributed by atoms with E-state index in [1.165, 1.54) is 0 Å². The monoisotopic (exact) mass is 154 g/mol. The van der Waals surface area contributed by atoms with E-state index in [-0.39, 0.29) is 5.84 Å². The normalized spacial score (nSPS) is 12.0. The lowest BCUT2D eigenvalue weighted by atomic mass is 10.3. The summed E-state index contributed by atoms with van der Waals surface area (Å²) in [4.78, 5) is 4.00. The molecule has 1 aromatic heterocycles. The zero-order valence-electron chi connectivity index (χ0n) is 6.46. The molecule has 0 amide bonds. The van der Waals surface area contributed by atoms with Crippen molar-refractivity contribution >= 4 is 5.84 Å². The second kappa shape index (κ2) is 2.61. The van der Waals surface area contributed by atoms with Crippen LogP contribution >= 0.6 is 0 Å². The van der Waals surface area contributed by atoms with E-state index >= 15 is 0 Å². The van der Waals surface area contributed by atoms with E-state index in [1.807, 2.05) is 0 Å². The zero-order chi connectivity index (χ0) is 8.43. The molecule has 1 rings (SSSR count). The molecule has 11 heavy (non-hydrogen) atoms. The van der Waals surface area contributed by atoms with Crippen molar-refractivity contribution in [2.45, 2.75) is 13.8 Å². The van der Waals surface area contributed by atoms with Crippen LogP contribution in [0.3, 0.4) is 0 Å². The first kappa shape index (κ1) is 7.59. The zero-order valence-corrected chi connectivity index (χ0v) is 6.46. The number of hydrogen-bond donors (Lipinski definition) is 2. The SMILES string of the molecule is Cc1nc(C)c(C(N)=NN)o1. The molecule has 0 spiro atoms. The van der Waals surface area contributed by atoms with Crippen LogP contribution in [0.2, 0.25) is 0 Å². The molecule has 0 aromatic carbocycles. The third-order valence-electron chi connectivity index (χ3n) is 1.28. The number of hydrogen-bond acceptors (Lipinski definition) is 4. The smallest absolute Gasteiger partial charge is 0.194 e. The van der Waals surface area contributed by atoms with Crippen LogP contribution in [0.15, 0.2) is 9.52 Å². The summed E-state index contributed by atoms with van der Waals surface area (Å²) < 4.78 is 5.12. The molecule has 0 aliphatic heterocycles. The van der Waals surface area contributed by atoms with Crippen molar-refractivity contribution in [3.05, 3.63) is 17.3 Å². The van der Waals surface area contributed by atoms with Crippen LogP contribution in [0.25, 0.3) is 0 Å². The first-order valence-corrected chi connectivity index (χ1v) is 3.13. The van der Waals surface area contributed by atoms with Crippen LogP contribution in [-0.2, 0) is 0 Å². The van der Waals surface area contributed by atoms with E-state index in [2.05, 4.69) is 10.1 Å². The summed E-state index contributed by atoms with van der Waals surface area (Å²) in [5.41, 5.74) is 6.10. The molecule has 4 N–H and O–H groups in total. The largest absolute Gasteiger partial charge is 0.437 e. The second-order valence-electron chi connectivity index (χ2n) is 2.16. The van der Waals surface area contributed by atoms with Gasteiger partial charge in [-0.25, -0.2) is 4.98 Å². The summed E-state index contributed by atoms with van der Waals surface area (Å²) in [7, 11) is 0. The molecule has 1 heterocycles. The van der Waals surface area contributed by atoms with Gasteiger partial charge in [0.1, 0.15) is 0 Å². The Kier molecular flexibility index (Phi) is 1.80. The molecule has 0 unspecified atom stereocenters. The average Bonchev–Trinajstić information content (AvgIpc) is 2.28. The fourth-order valence-electron chi connectivity index (χ4n) is 0.828. The maximum atomic E-state index is 5.40. The number of rotatable bonds is 1. The number of aryl methyl sites for hydroxylation is 2. The first-order chi connectivity index (χ1) is 5.15. The quantitative estimate of drug-likeness (QED) is 0.255. The highest BCUT2D eigenvalue weighted by Gasteiger charge is 2.09. The minimum Gasteiger partial charge on any atom is -0.437 e. The van der Waals surface area contributed by atoms with Crippen LogP contribution < -0.4 is 11.6 Å². The third-order valence-corrected chi connectivity index (χ3v) is 1.28. The standard InChI is InChI=1S/C6H10N4O/c1-3-5(6(7)10-8)11-4(2)9-3/h8H2,1-2H3,(H2,7,10). The van der Waals surface area contributed by atoms with Gasteiger partial charge in [-0.2, -0.15) is 5.10 Å². The van der Waals surface area contributed by atoms with Crippen molar-refractivity contribution in [3.63, 3.8) is 0 Å². The highest BCUT2D eigenvalue weighted by Crippen LogP contribution is 2.07. The van der Waals surface area contributed by atoms with Crippen molar-refractivity contribution in [1.82, 2.24) is 4.98 Å². The van der Waals surface area contributed by atoms with Gasteiger partial charge >= 0.3 is 0 Å². The van der Waals surface area contributed by atoms with Gasteiger partial charge in [0.15, 0.2) is 17.5 Å². The van der Waals surface area contributed by atoms with Crippen molar-refractivity contribution in [2.24, 2.45) is 16.7 Å². The van der Waals surface area contributed by atoms with Crippen molar-refractivity contribution in [2.75, 3.05) is 0 Å². The molecule has 0 bridgehead atoms. The van der Waals surface area contributed by atoms with Gasteiger partial charge in [0.25, 0.3) is 0 Å². The number of nitrogens with two attached hydrogens (primary N) is 2.